The van der Waals surface area contributed by atoms with Crippen LogP contribution in [0.1, 0.15) is 34.2 Å². The van der Waals surface area contributed by atoms with Crippen LogP contribution in [0.4, 0.5) is 0 Å². The summed E-state index contributed by atoms with van der Waals surface area (Å²) in [7, 11) is 8.73. The van der Waals surface area contributed by atoms with Gasteiger partial charge in [0, 0.05) is 91.6 Å². The van der Waals surface area contributed by atoms with Crippen LogP contribution in [0.2, 0.25) is 0 Å². The molecule has 2 amide bonds. The van der Waals surface area contributed by atoms with E-state index in [0.29, 0.717) is 27.6 Å². The number of hydrogen-bond acceptors (Lipinski definition) is 10. The smallest absolute Gasteiger partial charge is 0.237 e. The summed E-state index contributed by atoms with van der Waals surface area (Å²) in [5.41, 5.74) is 6.76. The highest BCUT2D eigenvalue weighted by Gasteiger charge is 2.27. The van der Waals surface area contributed by atoms with Gasteiger partial charge in [0.05, 0.1) is 86.5 Å². The summed E-state index contributed by atoms with van der Waals surface area (Å²) in [5, 5.41) is 0. The average Bonchev–Trinajstić information content (AvgIpc) is 3.17. The monoisotopic (exact) mass is 781 g/mol. The largest absolute Gasteiger partial charge is 0.515 e. The minimum Gasteiger partial charge on any atom is -0.515 e. The first-order chi connectivity index (χ1) is 27.5. The van der Waals surface area contributed by atoms with Gasteiger partial charge in [0.25, 0.3) is 0 Å². The van der Waals surface area contributed by atoms with Crippen LogP contribution < -0.4 is 4.90 Å². The molecule has 0 aromatic carbocycles. The van der Waals surface area contributed by atoms with Crippen molar-refractivity contribution in [2.24, 2.45) is 0 Å². The van der Waals surface area contributed by atoms with Crippen LogP contribution in [0.3, 0.4) is 0 Å². The lowest BCUT2D eigenvalue weighted by atomic mass is 10.1. The summed E-state index contributed by atoms with van der Waals surface area (Å²) < 4.78 is 1.38. The van der Waals surface area contributed by atoms with E-state index in [-0.39, 0.29) is 11.8 Å². The summed E-state index contributed by atoms with van der Waals surface area (Å²) in [6.07, 6.45) is 0. The summed E-state index contributed by atoms with van der Waals surface area (Å²) >= 11 is 0. The number of nitrogens with one attached hydrogen (secondary N) is 1. The molecule has 14 nitrogen and oxygen atoms in total. The fraction of sp³-hybridized carbons (Fsp3) is 0.571. The lowest BCUT2D eigenvalue weighted by molar-refractivity contribution is -0.869. The Kier molecular flexibility index (Phi) is 14.0. The maximum absolute atomic E-state index is 12.1. The summed E-state index contributed by atoms with van der Waals surface area (Å²) in [6.45, 7) is 21.1. The second-order valence-electron chi connectivity index (χ2n) is 16.3. The van der Waals surface area contributed by atoms with E-state index < -0.39 is 0 Å². The lowest BCUT2D eigenvalue weighted by Gasteiger charge is -2.49. The van der Waals surface area contributed by atoms with Gasteiger partial charge >= 0.3 is 0 Å². The number of carbonyl (C=O) groups is 2. The second-order valence-corrected chi connectivity index (χ2v) is 16.3. The predicted molar refractivity (Wildman–Crippen MR) is 224 cm³/mol. The van der Waals surface area contributed by atoms with Gasteiger partial charge in [-0.15, -0.1) is 0 Å². The summed E-state index contributed by atoms with van der Waals surface area (Å²) in [5.74, 6) is 0.470. The van der Waals surface area contributed by atoms with Crippen molar-refractivity contribution in [2.75, 3.05) is 119 Å². The Bertz CT molecular complexity index is 1800. The van der Waals surface area contributed by atoms with Gasteiger partial charge < -0.3 is 19.1 Å². The van der Waals surface area contributed by atoms with Gasteiger partial charge in [-0.3, -0.25) is 44.1 Å². The number of carbonyl (C=O) groups excluding carboxylic acids is 2. The van der Waals surface area contributed by atoms with Gasteiger partial charge in [0.1, 0.15) is 0 Å². The number of piperazine rings is 3. The van der Waals surface area contributed by atoms with E-state index in [0.717, 1.165) is 108 Å². The Morgan fingerprint density at radius 3 is 1.70 bits per heavy atom. The van der Waals surface area contributed by atoms with Crippen molar-refractivity contribution < 1.29 is 18.9 Å². The minimum absolute atomic E-state index is 0.224. The number of nitrogens with zero attached hydrogens (tertiary/aromatic N) is 11. The van der Waals surface area contributed by atoms with E-state index in [1.165, 1.54) is 60.0 Å². The third-order valence-corrected chi connectivity index (χ3v) is 11.6. The van der Waals surface area contributed by atoms with Crippen LogP contribution >= 0.6 is 0 Å². The van der Waals surface area contributed by atoms with Crippen molar-refractivity contribution in [3.63, 3.8) is 0 Å². The van der Waals surface area contributed by atoms with Crippen LogP contribution in [0.5, 0.6) is 0 Å². The molecule has 12 rings (SSSR count). The molecular weight excluding hydrogens is 715 g/mol. The number of quaternary nitrogens is 2. The maximum Gasteiger partial charge on any atom is 0.237 e. The third kappa shape index (κ3) is 12.1. The molecule has 3 aromatic rings. The number of amides is 2. The molecule has 3 fully saturated rings. The molecule has 0 aliphatic carbocycles. The zero-order valence-corrected chi connectivity index (χ0v) is 33.7. The first kappa shape index (κ1) is 41.3. The van der Waals surface area contributed by atoms with Crippen LogP contribution in [0.25, 0.3) is 0 Å². The molecule has 9 aliphatic heterocycles. The third-order valence-electron chi connectivity index (χ3n) is 11.6. The molecule has 12 heterocycles. The Balaban J connectivity index is 0.000000131. The highest BCUT2D eigenvalue weighted by Crippen LogP contribution is 2.16. The average molecular weight is 781 g/mol. The first-order valence-electron chi connectivity index (χ1n) is 20.5. The Morgan fingerprint density at radius 1 is 0.544 bits per heavy atom. The topological polar surface area (TPSA) is 99.9 Å². The number of fused-ring (bicyclic) bond motifs is 15. The zero-order valence-electron chi connectivity index (χ0n) is 33.7. The van der Waals surface area contributed by atoms with E-state index >= 15 is 0 Å². The highest BCUT2D eigenvalue weighted by atomic mass is 16.2. The summed E-state index contributed by atoms with van der Waals surface area (Å²) in [6, 6.07) is 18.8. The second kappa shape index (κ2) is 19.3. The molecule has 0 saturated carbocycles. The molecule has 12 bridgehead atoms. The quantitative estimate of drug-likeness (QED) is 0.215. The molecule has 3 saturated heterocycles. The van der Waals surface area contributed by atoms with Crippen LogP contribution in [-0.2, 0) is 48.9 Å². The normalized spacial score (nSPS) is 28.5. The molecule has 308 valence electrons. The van der Waals surface area contributed by atoms with Crippen LogP contribution in [0.15, 0.2) is 54.6 Å². The molecule has 3 unspecified atom stereocenters. The fourth-order valence-corrected chi connectivity index (χ4v) is 8.17. The van der Waals surface area contributed by atoms with E-state index in [1.54, 1.807) is 0 Å². The van der Waals surface area contributed by atoms with Crippen molar-refractivity contribution >= 4 is 19.8 Å². The Hall–Kier alpha value is -3.83. The fourth-order valence-electron chi connectivity index (χ4n) is 8.17. The number of rotatable bonds is 0. The van der Waals surface area contributed by atoms with Gasteiger partial charge in [-0.2, -0.15) is 7.05 Å². The van der Waals surface area contributed by atoms with Crippen molar-refractivity contribution in [3.05, 3.63) is 95.8 Å². The van der Waals surface area contributed by atoms with Gasteiger partial charge in [0.15, 0.2) is 7.98 Å². The number of pyridine rings is 3. The molecule has 3 aromatic heterocycles. The van der Waals surface area contributed by atoms with Crippen LogP contribution in [-0.4, -0.2) is 192 Å². The minimum atomic E-state index is 0.224. The SMILES string of the molecule is CN1CCN2CCN(CC2=O)Cc2cccc(n2)C1.CN1CCN2CCN(Cc3cccc(n3)C1)C(=O)C2.[BH3-][N+]12CCN(CC[NH+]([CH2-])Cc3cccc(n3)C1)CC2. The number of aromatic nitrogens is 3. The van der Waals surface area contributed by atoms with Gasteiger partial charge in [-0.1, -0.05) is 18.2 Å². The zero-order chi connectivity index (χ0) is 39.8. The van der Waals surface area contributed by atoms with E-state index in [2.05, 4.69) is 92.0 Å². The van der Waals surface area contributed by atoms with Crippen LogP contribution in [0, 0.1) is 7.05 Å². The molecule has 0 spiro atoms. The number of likely N-dealkylation sites (N-methyl/N-ethyl adjacent to an activating group) is 2. The Morgan fingerprint density at radius 2 is 1.04 bits per heavy atom. The standard InChI is InChI=1S/C14H25BN4.2C14H20N4O/c1-17-5-6-18-7-9-19(15,10-8-18)12-14-4-2-3-13(11-17)16-14;1-16-5-7-18-8-6-17(11-14(18)19)10-13-4-2-3-12(9-16)15-13;1-16-5-6-17-7-8-18(14(19)11-17)10-13-4-2-3-12(9-16)15-13/h2-4,17H,1,5-12H2,15H3;2*2-4H,5-11H2,1H3. The van der Waals surface area contributed by atoms with E-state index in [1.807, 2.05) is 28.0 Å². The molecule has 57 heavy (non-hydrogen) atoms. The number of hydrogen-bond donors (Lipinski definition) is 1. The molecular formula is C42H65BN12O2. The highest BCUT2D eigenvalue weighted by molar-refractivity contribution is 5.97. The molecule has 3 atom stereocenters. The van der Waals surface area contributed by atoms with Crippen molar-refractivity contribution in [2.45, 2.75) is 39.3 Å². The molecule has 1 N–H and O–H groups in total. The van der Waals surface area contributed by atoms with Crippen molar-refractivity contribution in [3.8, 4) is 0 Å². The molecule has 9 aliphatic rings. The molecule has 15 heteroatoms. The Labute approximate surface area is 341 Å². The van der Waals surface area contributed by atoms with Crippen molar-refractivity contribution in [1.82, 2.24) is 49.3 Å². The van der Waals surface area contributed by atoms with E-state index in [9.17, 15) is 9.59 Å². The summed E-state index contributed by atoms with van der Waals surface area (Å²) in [4.78, 5) is 55.2. The van der Waals surface area contributed by atoms with Crippen molar-refractivity contribution in [1.29, 1.82) is 0 Å². The van der Waals surface area contributed by atoms with E-state index in [4.69, 9.17) is 4.98 Å². The van der Waals surface area contributed by atoms with Gasteiger partial charge in [-0.25, -0.2) is 4.98 Å². The van der Waals surface area contributed by atoms with Gasteiger partial charge in [-0.05, 0) is 50.5 Å². The maximum atomic E-state index is 12.1. The van der Waals surface area contributed by atoms with Gasteiger partial charge in [0.2, 0.25) is 11.8 Å². The molecule has 0 radical (unpaired) electrons. The first-order valence-corrected chi connectivity index (χ1v) is 20.5. The lowest BCUT2D eigenvalue weighted by Crippen LogP contribution is -3.06. The predicted octanol–water partition coefficient (Wildman–Crippen LogP) is -1.47.